The standard InChI is InChI=1S/C10H8Br2ClN3O/c1-16-8(10(12)14-15-16)9(17)5-2-6(11)4-7(13)3-5/h2-4,9,17H,1H3. The highest BCUT2D eigenvalue weighted by atomic mass is 79.9. The molecule has 1 atom stereocenters. The summed E-state index contributed by atoms with van der Waals surface area (Å²) < 4.78 is 2.85. The quantitative estimate of drug-likeness (QED) is 0.870. The van der Waals surface area contributed by atoms with Crippen LogP contribution in [-0.2, 0) is 7.05 Å². The zero-order valence-corrected chi connectivity index (χ0v) is 12.7. The Hall–Kier alpha value is -0.430. The van der Waals surface area contributed by atoms with E-state index in [9.17, 15) is 5.11 Å². The number of rotatable bonds is 2. The van der Waals surface area contributed by atoms with E-state index in [2.05, 4.69) is 42.2 Å². The number of aromatic nitrogens is 3. The monoisotopic (exact) mass is 379 g/mol. The van der Waals surface area contributed by atoms with E-state index in [1.807, 2.05) is 0 Å². The lowest BCUT2D eigenvalue weighted by Gasteiger charge is -2.12. The molecule has 4 nitrogen and oxygen atoms in total. The summed E-state index contributed by atoms with van der Waals surface area (Å²) in [5.74, 6) is 0. The Morgan fingerprint density at radius 3 is 2.59 bits per heavy atom. The lowest BCUT2D eigenvalue weighted by atomic mass is 10.1. The highest BCUT2D eigenvalue weighted by Gasteiger charge is 2.20. The number of hydrogen-bond donors (Lipinski definition) is 1. The van der Waals surface area contributed by atoms with Gasteiger partial charge in [0.1, 0.15) is 11.8 Å². The molecule has 0 spiro atoms. The van der Waals surface area contributed by atoms with Crippen LogP contribution in [0.3, 0.4) is 0 Å². The highest BCUT2D eigenvalue weighted by molar-refractivity contribution is 9.10. The van der Waals surface area contributed by atoms with Gasteiger partial charge in [-0.15, -0.1) is 5.10 Å². The van der Waals surface area contributed by atoms with Crippen molar-refractivity contribution >= 4 is 43.5 Å². The number of aliphatic hydroxyl groups excluding tert-OH is 1. The third-order valence-electron chi connectivity index (χ3n) is 2.29. The summed E-state index contributed by atoms with van der Waals surface area (Å²) in [6.07, 6.45) is -0.834. The zero-order valence-electron chi connectivity index (χ0n) is 8.73. The van der Waals surface area contributed by atoms with Crippen LogP contribution in [0.4, 0.5) is 0 Å². The van der Waals surface area contributed by atoms with Gasteiger partial charge in [0, 0.05) is 16.5 Å². The van der Waals surface area contributed by atoms with Gasteiger partial charge in [0.2, 0.25) is 0 Å². The Morgan fingerprint density at radius 1 is 1.35 bits per heavy atom. The number of aryl methyl sites for hydroxylation is 1. The molecule has 0 bridgehead atoms. The number of nitrogens with zero attached hydrogens (tertiary/aromatic N) is 3. The molecule has 1 aromatic carbocycles. The molecule has 1 unspecified atom stereocenters. The van der Waals surface area contributed by atoms with E-state index in [0.29, 0.717) is 20.9 Å². The van der Waals surface area contributed by atoms with Crippen molar-refractivity contribution in [1.82, 2.24) is 15.0 Å². The van der Waals surface area contributed by atoms with Crippen LogP contribution in [0.2, 0.25) is 5.02 Å². The second-order valence-corrected chi connectivity index (χ2v) is 5.60. The van der Waals surface area contributed by atoms with Crippen molar-refractivity contribution in [1.29, 1.82) is 0 Å². The van der Waals surface area contributed by atoms with E-state index in [-0.39, 0.29) is 0 Å². The molecule has 2 rings (SSSR count). The van der Waals surface area contributed by atoms with E-state index in [1.54, 1.807) is 25.2 Å². The topological polar surface area (TPSA) is 50.9 Å². The molecule has 0 aliphatic carbocycles. The van der Waals surface area contributed by atoms with Crippen LogP contribution >= 0.6 is 43.5 Å². The lowest BCUT2D eigenvalue weighted by molar-refractivity contribution is 0.209. The summed E-state index contributed by atoms with van der Waals surface area (Å²) in [7, 11) is 1.72. The number of hydrogen-bond acceptors (Lipinski definition) is 3. The molecule has 0 aliphatic rings. The lowest BCUT2D eigenvalue weighted by Crippen LogP contribution is -2.07. The molecule has 0 aliphatic heterocycles. The Labute approximate surface area is 120 Å². The average molecular weight is 381 g/mol. The fourth-order valence-corrected chi connectivity index (χ4v) is 2.95. The van der Waals surface area contributed by atoms with E-state index in [1.165, 1.54) is 4.68 Å². The van der Waals surface area contributed by atoms with Gasteiger partial charge in [-0.2, -0.15) is 0 Å². The number of aliphatic hydroxyl groups is 1. The van der Waals surface area contributed by atoms with Gasteiger partial charge in [-0.05, 0) is 39.7 Å². The first-order chi connectivity index (χ1) is 7.99. The highest BCUT2D eigenvalue weighted by Crippen LogP contribution is 2.30. The van der Waals surface area contributed by atoms with E-state index in [0.717, 1.165) is 4.47 Å². The van der Waals surface area contributed by atoms with Crippen molar-refractivity contribution in [3.8, 4) is 0 Å². The third-order valence-corrected chi connectivity index (χ3v) is 3.53. The molecule has 1 N–H and O–H groups in total. The summed E-state index contributed by atoms with van der Waals surface area (Å²) in [5, 5.41) is 18.5. The molecule has 1 aromatic heterocycles. The van der Waals surface area contributed by atoms with Crippen molar-refractivity contribution in [2.24, 2.45) is 7.05 Å². The first-order valence-electron chi connectivity index (χ1n) is 4.68. The van der Waals surface area contributed by atoms with Crippen molar-refractivity contribution < 1.29 is 5.11 Å². The average Bonchev–Trinajstić information content (AvgIpc) is 2.56. The van der Waals surface area contributed by atoms with E-state index >= 15 is 0 Å². The fourth-order valence-electron chi connectivity index (χ4n) is 1.52. The van der Waals surface area contributed by atoms with Crippen LogP contribution < -0.4 is 0 Å². The van der Waals surface area contributed by atoms with Gasteiger partial charge in [0.15, 0.2) is 4.60 Å². The summed E-state index contributed by atoms with van der Waals surface area (Å²) in [6.45, 7) is 0. The maximum absolute atomic E-state index is 10.3. The maximum atomic E-state index is 10.3. The number of benzene rings is 1. The summed E-state index contributed by atoms with van der Waals surface area (Å²) >= 11 is 12.5. The molecular weight excluding hydrogens is 373 g/mol. The molecule has 2 aromatic rings. The van der Waals surface area contributed by atoms with Gasteiger partial charge in [0.05, 0.1) is 0 Å². The molecule has 1 heterocycles. The predicted molar refractivity (Wildman–Crippen MR) is 71.9 cm³/mol. The molecule has 0 saturated heterocycles. The SMILES string of the molecule is Cn1nnc(Br)c1C(O)c1cc(Cl)cc(Br)c1. The summed E-state index contributed by atoms with van der Waals surface area (Å²) in [5.41, 5.74) is 1.26. The van der Waals surface area contributed by atoms with Gasteiger partial charge in [-0.1, -0.05) is 32.7 Å². The number of halogens is 3. The predicted octanol–water partition coefficient (Wildman–Crippen LogP) is 3.08. The van der Waals surface area contributed by atoms with Gasteiger partial charge in [-0.25, -0.2) is 4.68 Å². The summed E-state index contributed by atoms with van der Waals surface area (Å²) in [4.78, 5) is 0. The van der Waals surface area contributed by atoms with Crippen molar-refractivity contribution in [2.75, 3.05) is 0 Å². The Kier molecular flexibility index (Phi) is 3.87. The zero-order chi connectivity index (χ0) is 12.6. The maximum Gasteiger partial charge on any atom is 0.154 e. The van der Waals surface area contributed by atoms with E-state index in [4.69, 9.17) is 11.6 Å². The Balaban J connectivity index is 2.47. The van der Waals surface area contributed by atoms with Crippen molar-refractivity contribution in [2.45, 2.75) is 6.10 Å². The normalized spacial score (nSPS) is 12.8. The third kappa shape index (κ3) is 2.70. The van der Waals surface area contributed by atoms with Gasteiger partial charge < -0.3 is 5.11 Å². The minimum absolute atomic E-state index is 0.517. The molecule has 17 heavy (non-hydrogen) atoms. The minimum atomic E-state index is -0.834. The largest absolute Gasteiger partial charge is 0.382 e. The molecule has 90 valence electrons. The van der Waals surface area contributed by atoms with Crippen LogP contribution in [0.1, 0.15) is 17.4 Å². The second kappa shape index (κ2) is 5.06. The van der Waals surface area contributed by atoms with Crippen LogP contribution in [0.5, 0.6) is 0 Å². The molecule has 0 radical (unpaired) electrons. The van der Waals surface area contributed by atoms with Crippen molar-refractivity contribution in [3.63, 3.8) is 0 Å². The van der Waals surface area contributed by atoms with Crippen molar-refractivity contribution in [3.05, 3.63) is 43.6 Å². The molecule has 7 heteroatoms. The molecule has 0 saturated carbocycles. The van der Waals surface area contributed by atoms with Gasteiger partial charge >= 0.3 is 0 Å². The molecule has 0 amide bonds. The Morgan fingerprint density at radius 2 is 2.06 bits per heavy atom. The van der Waals surface area contributed by atoms with Gasteiger partial charge in [-0.3, -0.25) is 0 Å². The molecule has 0 fully saturated rings. The summed E-state index contributed by atoms with van der Waals surface area (Å²) in [6, 6.07) is 5.26. The van der Waals surface area contributed by atoms with Crippen LogP contribution in [0, 0.1) is 0 Å². The van der Waals surface area contributed by atoms with E-state index < -0.39 is 6.10 Å². The Bertz CT molecular complexity index is 519. The smallest absolute Gasteiger partial charge is 0.154 e. The van der Waals surface area contributed by atoms with Crippen LogP contribution in [0.25, 0.3) is 0 Å². The second-order valence-electron chi connectivity index (χ2n) is 3.49. The van der Waals surface area contributed by atoms with Crippen LogP contribution in [-0.4, -0.2) is 20.1 Å². The van der Waals surface area contributed by atoms with Gasteiger partial charge in [0.25, 0.3) is 0 Å². The molecular formula is C10H8Br2ClN3O. The fraction of sp³-hybridized carbons (Fsp3) is 0.200. The first kappa shape index (κ1) is 13.0. The first-order valence-corrected chi connectivity index (χ1v) is 6.64. The minimum Gasteiger partial charge on any atom is -0.382 e. The van der Waals surface area contributed by atoms with Crippen LogP contribution in [0.15, 0.2) is 27.3 Å².